The van der Waals surface area contributed by atoms with Crippen molar-refractivity contribution in [1.29, 1.82) is 0 Å². The van der Waals surface area contributed by atoms with Gasteiger partial charge in [-0.1, -0.05) is 42.5 Å². The second-order valence-corrected chi connectivity index (χ2v) is 4.15. The van der Waals surface area contributed by atoms with Gasteiger partial charge in [0, 0.05) is 18.4 Å². The molecule has 17 heavy (non-hydrogen) atoms. The maximum absolute atomic E-state index is 12.0. The van der Waals surface area contributed by atoms with Gasteiger partial charge in [0.1, 0.15) is 5.78 Å². The highest BCUT2D eigenvalue weighted by Crippen LogP contribution is 2.20. The molecule has 0 unspecified atom stereocenters. The second kappa shape index (κ2) is 4.91. The maximum Gasteiger partial charge on any atom is 0.163 e. The smallest absolute Gasteiger partial charge is 0.163 e. The van der Waals surface area contributed by atoms with E-state index in [1.165, 1.54) is 6.92 Å². The Morgan fingerprint density at radius 3 is 2.41 bits per heavy atom. The van der Waals surface area contributed by atoms with Crippen LogP contribution in [0.15, 0.2) is 42.5 Å². The SMILES string of the molecule is CC(=O)CCC(=O)c1cccc2ccccc12. The van der Waals surface area contributed by atoms with Gasteiger partial charge in [0.05, 0.1) is 0 Å². The number of hydrogen-bond acceptors (Lipinski definition) is 2. The minimum Gasteiger partial charge on any atom is -0.300 e. The third-order valence-electron chi connectivity index (χ3n) is 2.79. The zero-order chi connectivity index (χ0) is 12.3. The summed E-state index contributed by atoms with van der Waals surface area (Å²) < 4.78 is 0. The Balaban J connectivity index is 2.35. The molecule has 0 aliphatic rings. The van der Waals surface area contributed by atoms with Crippen LogP contribution in [0.5, 0.6) is 0 Å². The van der Waals surface area contributed by atoms with Crippen LogP contribution in [0.1, 0.15) is 30.1 Å². The first kappa shape index (κ1) is 11.5. The Kier molecular flexibility index (Phi) is 3.33. The van der Waals surface area contributed by atoms with Gasteiger partial charge in [-0.3, -0.25) is 4.79 Å². The fourth-order valence-electron chi connectivity index (χ4n) is 1.89. The molecule has 0 amide bonds. The van der Waals surface area contributed by atoms with Crippen molar-refractivity contribution in [2.24, 2.45) is 0 Å². The van der Waals surface area contributed by atoms with E-state index in [1.54, 1.807) is 0 Å². The van der Waals surface area contributed by atoms with Gasteiger partial charge < -0.3 is 4.79 Å². The summed E-state index contributed by atoms with van der Waals surface area (Å²) in [4.78, 5) is 22.9. The number of hydrogen-bond donors (Lipinski definition) is 0. The summed E-state index contributed by atoms with van der Waals surface area (Å²) in [5.74, 6) is 0.0931. The van der Waals surface area contributed by atoms with Gasteiger partial charge in [-0.2, -0.15) is 0 Å². The van der Waals surface area contributed by atoms with Crippen LogP contribution in [0.4, 0.5) is 0 Å². The lowest BCUT2D eigenvalue weighted by molar-refractivity contribution is -0.116. The van der Waals surface area contributed by atoms with Crippen molar-refractivity contribution >= 4 is 22.3 Å². The quantitative estimate of drug-likeness (QED) is 0.749. The van der Waals surface area contributed by atoms with Crippen molar-refractivity contribution in [2.75, 3.05) is 0 Å². The lowest BCUT2D eigenvalue weighted by Crippen LogP contribution is -2.02. The molecule has 0 N–H and O–H groups in total. The monoisotopic (exact) mass is 226 g/mol. The van der Waals surface area contributed by atoms with Crippen molar-refractivity contribution in [1.82, 2.24) is 0 Å². The summed E-state index contributed by atoms with van der Waals surface area (Å²) in [5.41, 5.74) is 0.712. The van der Waals surface area contributed by atoms with Crippen LogP contribution in [0.3, 0.4) is 0 Å². The fourth-order valence-corrected chi connectivity index (χ4v) is 1.89. The summed E-state index contributed by atoms with van der Waals surface area (Å²) in [6, 6.07) is 13.5. The Hall–Kier alpha value is -1.96. The van der Waals surface area contributed by atoms with Crippen LogP contribution in [0.2, 0.25) is 0 Å². The Labute approximate surface area is 100 Å². The Bertz CT molecular complexity index is 565. The van der Waals surface area contributed by atoms with Gasteiger partial charge in [-0.05, 0) is 17.7 Å². The molecule has 2 heteroatoms. The first-order valence-corrected chi connectivity index (χ1v) is 5.69. The average molecular weight is 226 g/mol. The van der Waals surface area contributed by atoms with E-state index in [4.69, 9.17) is 0 Å². The lowest BCUT2D eigenvalue weighted by atomic mass is 9.98. The zero-order valence-electron chi connectivity index (χ0n) is 9.77. The molecule has 86 valence electrons. The lowest BCUT2D eigenvalue weighted by Gasteiger charge is -2.04. The summed E-state index contributed by atoms with van der Waals surface area (Å²) in [7, 11) is 0. The van der Waals surface area contributed by atoms with Gasteiger partial charge in [-0.25, -0.2) is 0 Å². The van der Waals surface area contributed by atoms with Gasteiger partial charge in [-0.15, -0.1) is 0 Å². The normalized spacial score (nSPS) is 10.4. The van der Waals surface area contributed by atoms with Gasteiger partial charge >= 0.3 is 0 Å². The zero-order valence-corrected chi connectivity index (χ0v) is 9.77. The van der Waals surface area contributed by atoms with Crippen molar-refractivity contribution in [3.8, 4) is 0 Å². The molecule has 0 spiro atoms. The first-order valence-electron chi connectivity index (χ1n) is 5.69. The number of ketones is 2. The van der Waals surface area contributed by atoms with Gasteiger partial charge in [0.25, 0.3) is 0 Å². The highest BCUT2D eigenvalue weighted by atomic mass is 16.1. The molecule has 0 heterocycles. The number of benzene rings is 2. The minimum absolute atomic E-state index is 0.0389. The van der Waals surface area contributed by atoms with E-state index < -0.39 is 0 Å². The third-order valence-corrected chi connectivity index (χ3v) is 2.79. The predicted octanol–water partition coefficient (Wildman–Crippen LogP) is 3.39. The molecular weight excluding hydrogens is 212 g/mol. The van der Waals surface area contributed by atoms with Crippen LogP contribution in [-0.4, -0.2) is 11.6 Å². The predicted molar refractivity (Wildman–Crippen MR) is 68.2 cm³/mol. The Morgan fingerprint density at radius 2 is 1.65 bits per heavy atom. The van der Waals surface area contributed by atoms with E-state index in [1.807, 2.05) is 42.5 Å². The molecule has 2 rings (SSSR count). The minimum atomic E-state index is 0.0389. The van der Waals surface area contributed by atoms with Gasteiger partial charge in [0.15, 0.2) is 5.78 Å². The van der Waals surface area contributed by atoms with E-state index in [2.05, 4.69) is 0 Å². The molecule has 0 aliphatic heterocycles. The van der Waals surface area contributed by atoms with E-state index in [0.717, 1.165) is 10.8 Å². The van der Waals surface area contributed by atoms with Crippen molar-refractivity contribution in [3.63, 3.8) is 0 Å². The van der Waals surface area contributed by atoms with Crippen LogP contribution >= 0.6 is 0 Å². The fraction of sp³-hybridized carbons (Fsp3) is 0.200. The number of rotatable bonds is 4. The summed E-state index contributed by atoms with van der Waals surface area (Å²) in [6.45, 7) is 1.51. The topological polar surface area (TPSA) is 34.1 Å². The average Bonchev–Trinajstić information content (AvgIpc) is 2.35. The Morgan fingerprint density at radius 1 is 0.941 bits per heavy atom. The standard InChI is InChI=1S/C15H14O2/c1-11(16)9-10-15(17)14-8-4-6-12-5-2-3-7-13(12)14/h2-8H,9-10H2,1H3. The van der Waals surface area contributed by atoms with Crippen molar-refractivity contribution < 1.29 is 9.59 Å². The molecule has 2 aromatic rings. The molecule has 0 fully saturated rings. The second-order valence-electron chi connectivity index (χ2n) is 4.15. The summed E-state index contributed by atoms with van der Waals surface area (Å²) in [5, 5.41) is 2.02. The number of carbonyl (C=O) groups excluding carboxylic acids is 2. The molecular formula is C15H14O2. The van der Waals surface area contributed by atoms with E-state index >= 15 is 0 Å². The van der Waals surface area contributed by atoms with Crippen LogP contribution in [0.25, 0.3) is 10.8 Å². The molecule has 0 saturated carbocycles. The number of carbonyl (C=O) groups is 2. The molecule has 2 nitrogen and oxygen atoms in total. The number of Topliss-reactive ketones (excluding diaryl/α,β-unsaturated/α-hetero) is 2. The summed E-state index contributed by atoms with van der Waals surface area (Å²) >= 11 is 0. The van der Waals surface area contributed by atoms with Crippen LogP contribution in [-0.2, 0) is 4.79 Å². The van der Waals surface area contributed by atoms with E-state index in [0.29, 0.717) is 18.4 Å². The highest BCUT2D eigenvalue weighted by molar-refractivity contribution is 6.08. The molecule has 0 bridgehead atoms. The van der Waals surface area contributed by atoms with Crippen LogP contribution in [0, 0.1) is 0 Å². The summed E-state index contributed by atoms with van der Waals surface area (Å²) in [6.07, 6.45) is 0.616. The molecule has 0 aliphatic carbocycles. The molecule has 0 radical (unpaired) electrons. The largest absolute Gasteiger partial charge is 0.300 e. The van der Waals surface area contributed by atoms with E-state index in [-0.39, 0.29) is 11.6 Å². The maximum atomic E-state index is 12.0. The van der Waals surface area contributed by atoms with Crippen LogP contribution < -0.4 is 0 Å². The highest BCUT2D eigenvalue weighted by Gasteiger charge is 2.10. The molecule has 0 saturated heterocycles. The van der Waals surface area contributed by atoms with E-state index in [9.17, 15) is 9.59 Å². The third kappa shape index (κ3) is 2.59. The number of fused-ring (bicyclic) bond motifs is 1. The van der Waals surface area contributed by atoms with Crippen molar-refractivity contribution in [2.45, 2.75) is 19.8 Å². The molecule has 0 atom stereocenters. The molecule has 2 aromatic carbocycles. The van der Waals surface area contributed by atoms with Gasteiger partial charge in [0.2, 0.25) is 0 Å². The van der Waals surface area contributed by atoms with Crippen molar-refractivity contribution in [3.05, 3.63) is 48.0 Å². The molecule has 0 aromatic heterocycles. The first-order chi connectivity index (χ1) is 8.18.